The minimum absolute atomic E-state index is 0.00982. The van der Waals surface area contributed by atoms with Gasteiger partial charge in [0, 0.05) is 26.0 Å². The zero-order chi connectivity index (χ0) is 34.4. The Morgan fingerprint density at radius 1 is 0.896 bits per heavy atom. The second-order valence-electron chi connectivity index (χ2n) is 11.8. The highest BCUT2D eigenvalue weighted by atomic mass is 32.2. The maximum absolute atomic E-state index is 14.0. The van der Waals surface area contributed by atoms with Crippen molar-refractivity contribution in [1.29, 1.82) is 0 Å². The van der Waals surface area contributed by atoms with Gasteiger partial charge >= 0.3 is 5.97 Å². The Kier molecular flexibility index (Phi) is 14.0. The predicted molar refractivity (Wildman–Crippen MR) is 185 cm³/mol. The first-order valence-electron chi connectivity index (χ1n) is 16.8. The molecule has 1 aliphatic heterocycles. The van der Waals surface area contributed by atoms with Crippen LogP contribution in [0.5, 0.6) is 5.75 Å². The molecule has 1 amide bonds. The molecule has 1 unspecified atom stereocenters. The summed E-state index contributed by atoms with van der Waals surface area (Å²) in [5, 5.41) is 16.5. The zero-order valence-electron chi connectivity index (χ0n) is 27.8. The number of benzene rings is 2. The van der Waals surface area contributed by atoms with Crippen LogP contribution in [0, 0.1) is 0 Å². The number of sulfonamides is 1. The molecule has 13 heteroatoms. The number of nitrogens with zero attached hydrogens (tertiary/aromatic N) is 4. The van der Waals surface area contributed by atoms with E-state index in [1.807, 2.05) is 0 Å². The molecule has 0 radical (unpaired) electrons. The predicted octanol–water partition coefficient (Wildman–Crippen LogP) is 6.83. The van der Waals surface area contributed by atoms with E-state index >= 15 is 0 Å². The molecule has 48 heavy (non-hydrogen) atoms. The van der Waals surface area contributed by atoms with Gasteiger partial charge in [0.1, 0.15) is 10.6 Å². The number of carboxylic acids is 1. The minimum atomic E-state index is -4.15. The third-order valence-corrected chi connectivity index (χ3v) is 10.0. The number of carbonyl (C=O) groups is 2. The number of anilines is 1. The molecule has 260 valence electrons. The number of ether oxygens (including phenoxy) is 2. The van der Waals surface area contributed by atoms with Gasteiger partial charge in [0.25, 0.3) is 15.9 Å². The average Bonchev–Trinajstić information content (AvgIpc) is 3.56. The number of aliphatic imine (C=N–C) groups is 1. The first-order valence-corrected chi connectivity index (χ1v) is 18.2. The van der Waals surface area contributed by atoms with Gasteiger partial charge in [-0.05, 0) is 37.1 Å². The number of carboxylic acid groups (broad SMARTS) is 1. The van der Waals surface area contributed by atoms with Crippen molar-refractivity contribution >= 4 is 39.1 Å². The van der Waals surface area contributed by atoms with Crippen molar-refractivity contribution in [3.05, 3.63) is 66.5 Å². The van der Waals surface area contributed by atoms with Crippen molar-refractivity contribution in [3.63, 3.8) is 0 Å². The molecule has 12 nitrogen and oxygen atoms in total. The van der Waals surface area contributed by atoms with E-state index < -0.39 is 27.9 Å². The van der Waals surface area contributed by atoms with Gasteiger partial charge in [-0.25, -0.2) is 18.2 Å². The largest absolute Gasteiger partial charge is 0.495 e. The minimum Gasteiger partial charge on any atom is -0.495 e. The average molecular weight is 682 g/mol. The van der Waals surface area contributed by atoms with Crippen LogP contribution in [0.2, 0.25) is 0 Å². The van der Waals surface area contributed by atoms with Gasteiger partial charge in [-0.15, -0.1) is 0 Å². The van der Waals surface area contributed by atoms with E-state index in [0.717, 1.165) is 28.0 Å². The summed E-state index contributed by atoms with van der Waals surface area (Å²) < 4.78 is 41.5. The smallest absolute Gasteiger partial charge is 0.338 e. The molecule has 1 atom stereocenters. The van der Waals surface area contributed by atoms with Gasteiger partial charge in [-0.1, -0.05) is 89.0 Å². The van der Waals surface area contributed by atoms with Gasteiger partial charge in [0.15, 0.2) is 11.9 Å². The van der Waals surface area contributed by atoms with E-state index in [-0.39, 0.29) is 28.5 Å². The standard InChI is InChI=1S/C35H47N5O7S/c1-3-4-5-6-7-8-9-10-11-16-23-47-24-17-22-40-33(37-29-19-13-15-21-31(29)48(40,44)45)32(39-26-27(25-36-39)35(42)43)34(41)38-28-18-12-14-20-30(28)46-2/h12-15,18-21,25-26,32H,3-11,16-17,22-24H2,1-2H3,(H,38,41)(H,42,43). The molecule has 0 spiro atoms. The lowest BCUT2D eigenvalue weighted by atomic mass is 10.1. The Labute approximate surface area is 283 Å². The van der Waals surface area contributed by atoms with E-state index in [2.05, 4.69) is 22.3 Å². The molecule has 1 aliphatic rings. The number of hydrogen-bond donors (Lipinski definition) is 2. The molecule has 2 aromatic carbocycles. The molecular formula is C35H47N5O7S. The maximum Gasteiger partial charge on any atom is 0.338 e. The van der Waals surface area contributed by atoms with Crippen LogP contribution >= 0.6 is 0 Å². The van der Waals surface area contributed by atoms with Crippen LogP contribution in [0.4, 0.5) is 11.4 Å². The quantitative estimate of drug-likeness (QED) is 0.116. The highest BCUT2D eigenvalue weighted by Gasteiger charge is 2.41. The van der Waals surface area contributed by atoms with Crippen molar-refractivity contribution in [3.8, 4) is 5.75 Å². The highest BCUT2D eigenvalue weighted by Crippen LogP contribution is 2.35. The van der Waals surface area contributed by atoms with Crippen LogP contribution < -0.4 is 10.1 Å². The van der Waals surface area contributed by atoms with Crippen molar-refractivity contribution < 1.29 is 32.6 Å². The van der Waals surface area contributed by atoms with Crippen molar-refractivity contribution in [2.24, 2.45) is 4.99 Å². The summed E-state index contributed by atoms with van der Waals surface area (Å²) in [5.41, 5.74) is 0.338. The summed E-state index contributed by atoms with van der Waals surface area (Å²) in [4.78, 5) is 30.4. The molecule has 0 aliphatic carbocycles. The Morgan fingerprint density at radius 2 is 1.54 bits per heavy atom. The number of amides is 1. The summed E-state index contributed by atoms with van der Waals surface area (Å²) in [6.45, 7) is 3.12. The monoisotopic (exact) mass is 681 g/mol. The van der Waals surface area contributed by atoms with E-state index in [4.69, 9.17) is 9.47 Å². The third-order valence-electron chi connectivity index (χ3n) is 8.19. The van der Waals surface area contributed by atoms with E-state index in [1.165, 1.54) is 70.7 Å². The molecule has 0 saturated heterocycles. The molecule has 2 heterocycles. The molecule has 4 rings (SSSR count). The zero-order valence-corrected chi connectivity index (χ0v) is 28.7. The number of aromatic carboxylic acids is 1. The fraction of sp³-hybridized carbons (Fsp3) is 0.486. The summed E-state index contributed by atoms with van der Waals surface area (Å²) in [5.74, 6) is -1.66. The third kappa shape index (κ3) is 9.66. The maximum atomic E-state index is 14.0. The Bertz CT molecular complexity index is 1640. The summed E-state index contributed by atoms with van der Waals surface area (Å²) >= 11 is 0. The Morgan fingerprint density at radius 3 is 2.23 bits per heavy atom. The number of unbranched alkanes of at least 4 members (excludes halogenated alkanes) is 9. The number of para-hydroxylation sites is 3. The molecule has 0 fully saturated rings. The fourth-order valence-corrected chi connectivity index (χ4v) is 7.24. The Hall–Kier alpha value is -4.23. The van der Waals surface area contributed by atoms with Gasteiger partial charge in [-0.2, -0.15) is 5.10 Å². The number of carbonyl (C=O) groups excluding carboxylic acids is 1. The number of hydrogen-bond acceptors (Lipinski definition) is 8. The SMILES string of the molecule is CCCCCCCCCCCCOCCCN1C(C(C(=O)Nc2ccccc2OC)n2cc(C(=O)O)cn2)=Nc2ccccc2S1(=O)=O. The first kappa shape index (κ1) is 36.6. The van der Waals surface area contributed by atoms with Crippen LogP contribution in [0.1, 0.15) is 94.0 Å². The Balaban J connectivity index is 1.48. The molecular weight excluding hydrogens is 634 g/mol. The van der Waals surface area contributed by atoms with Crippen molar-refractivity contribution in [2.75, 3.05) is 32.2 Å². The second-order valence-corrected chi connectivity index (χ2v) is 13.6. The number of amidine groups is 1. The molecule has 2 N–H and O–H groups in total. The fourth-order valence-electron chi connectivity index (χ4n) is 5.62. The number of nitrogens with one attached hydrogen (secondary N) is 1. The normalized spacial score (nSPS) is 14.2. The lowest BCUT2D eigenvalue weighted by Gasteiger charge is -2.33. The lowest BCUT2D eigenvalue weighted by molar-refractivity contribution is -0.117. The van der Waals surface area contributed by atoms with E-state index in [9.17, 15) is 23.1 Å². The van der Waals surface area contributed by atoms with Crippen LogP contribution in [0.15, 0.2) is 70.8 Å². The highest BCUT2D eigenvalue weighted by molar-refractivity contribution is 7.90. The molecule has 1 aromatic heterocycles. The van der Waals surface area contributed by atoms with Crippen LogP contribution in [0.3, 0.4) is 0 Å². The van der Waals surface area contributed by atoms with Crippen molar-refractivity contribution in [2.45, 2.75) is 88.5 Å². The van der Waals surface area contributed by atoms with Crippen molar-refractivity contribution in [1.82, 2.24) is 14.1 Å². The van der Waals surface area contributed by atoms with Gasteiger partial charge in [0.2, 0.25) is 0 Å². The lowest BCUT2D eigenvalue weighted by Crippen LogP contribution is -2.47. The van der Waals surface area contributed by atoms with Gasteiger partial charge < -0.3 is 19.9 Å². The molecule has 0 saturated carbocycles. The number of methoxy groups -OCH3 is 1. The van der Waals surface area contributed by atoms with Gasteiger partial charge in [-0.3, -0.25) is 13.8 Å². The number of rotatable bonds is 21. The summed E-state index contributed by atoms with van der Waals surface area (Å²) in [6, 6.07) is 11.6. The van der Waals surface area contributed by atoms with E-state index in [0.29, 0.717) is 31.1 Å². The first-order chi connectivity index (χ1) is 23.3. The van der Waals surface area contributed by atoms with Crippen LogP contribution in [0.25, 0.3) is 0 Å². The van der Waals surface area contributed by atoms with Gasteiger partial charge in [0.05, 0.1) is 30.2 Å². The van der Waals surface area contributed by atoms with E-state index in [1.54, 1.807) is 42.5 Å². The number of fused-ring (bicyclic) bond motifs is 1. The second kappa shape index (κ2) is 18.3. The van der Waals surface area contributed by atoms with Crippen LogP contribution in [-0.4, -0.2) is 72.2 Å². The summed E-state index contributed by atoms with van der Waals surface area (Å²) in [6.07, 6.45) is 14.9. The van der Waals surface area contributed by atoms with Crippen LogP contribution in [-0.2, 0) is 19.6 Å². The molecule has 0 bridgehead atoms. The topological polar surface area (TPSA) is 152 Å². The summed E-state index contributed by atoms with van der Waals surface area (Å²) in [7, 11) is -2.68. The number of aromatic nitrogens is 2. The molecule has 3 aromatic rings.